The molecule has 1 amide bonds. The van der Waals surface area contributed by atoms with E-state index in [9.17, 15) is 23.5 Å². The van der Waals surface area contributed by atoms with Crippen molar-refractivity contribution in [2.24, 2.45) is 11.5 Å². The highest BCUT2D eigenvalue weighted by Crippen LogP contribution is 2.12. The molecule has 0 saturated heterocycles. The molecule has 0 aromatic heterocycles. The number of ether oxygens (including phenoxy) is 1. The van der Waals surface area contributed by atoms with E-state index in [1.54, 1.807) is 18.2 Å². The summed E-state index contributed by atoms with van der Waals surface area (Å²) in [5.74, 6) is -2.06. The van der Waals surface area contributed by atoms with Crippen LogP contribution < -0.4 is 16.8 Å². The van der Waals surface area contributed by atoms with Crippen LogP contribution in [0.2, 0.25) is 0 Å². The van der Waals surface area contributed by atoms with Gasteiger partial charge in [-0.3, -0.25) is 9.59 Å². The summed E-state index contributed by atoms with van der Waals surface area (Å²) >= 11 is 0. The average molecular weight is 512 g/mol. The van der Waals surface area contributed by atoms with Gasteiger partial charge in [0.1, 0.15) is 17.7 Å². The molecule has 6 N–H and O–H groups in total. The van der Waals surface area contributed by atoms with Gasteiger partial charge in [-0.05, 0) is 53.4 Å². The number of benzene rings is 3. The number of rotatable bonds is 13. The van der Waals surface area contributed by atoms with Crippen molar-refractivity contribution in [2.45, 2.75) is 37.6 Å². The number of ketones is 1. The molecule has 0 spiro atoms. The molecular weight excluding hydrogens is 480 g/mol. The van der Waals surface area contributed by atoms with Crippen molar-refractivity contribution >= 4 is 11.7 Å². The van der Waals surface area contributed by atoms with E-state index in [-0.39, 0.29) is 31.6 Å². The number of nitrogens with two attached hydrogens (primary N) is 2. The van der Waals surface area contributed by atoms with Crippen molar-refractivity contribution in [1.29, 1.82) is 0 Å². The summed E-state index contributed by atoms with van der Waals surface area (Å²) in [6, 6.07) is 17.4. The van der Waals surface area contributed by atoms with Crippen LogP contribution in [0, 0.1) is 11.6 Å². The lowest BCUT2D eigenvalue weighted by Crippen LogP contribution is -2.44. The Morgan fingerprint density at radius 2 is 1.68 bits per heavy atom. The number of carbonyl (C=O) groups excluding carboxylic acids is 2. The van der Waals surface area contributed by atoms with Crippen LogP contribution >= 0.6 is 0 Å². The maximum atomic E-state index is 13.8. The smallest absolute Gasteiger partial charge is 0.251 e. The van der Waals surface area contributed by atoms with Crippen LogP contribution in [0.15, 0.2) is 72.8 Å². The van der Waals surface area contributed by atoms with Gasteiger partial charge >= 0.3 is 0 Å². The number of aliphatic hydroxyl groups excluding tert-OH is 1. The molecule has 0 saturated carbocycles. The first-order chi connectivity index (χ1) is 17.7. The van der Waals surface area contributed by atoms with Crippen molar-refractivity contribution in [3.63, 3.8) is 0 Å². The van der Waals surface area contributed by atoms with E-state index >= 15 is 0 Å². The van der Waals surface area contributed by atoms with Gasteiger partial charge in [-0.25, -0.2) is 8.78 Å². The van der Waals surface area contributed by atoms with Gasteiger partial charge in [0.25, 0.3) is 5.91 Å². The molecular formula is C28H31F2N3O4. The van der Waals surface area contributed by atoms with E-state index in [0.717, 1.165) is 23.8 Å². The van der Waals surface area contributed by atoms with Crippen molar-refractivity contribution < 1.29 is 28.2 Å². The fourth-order valence-electron chi connectivity index (χ4n) is 3.73. The number of hydrogen-bond acceptors (Lipinski definition) is 6. The normalized spacial score (nSPS) is 13.5. The minimum Gasteiger partial charge on any atom is -0.384 e. The van der Waals surface area contributed by atoms with Crippen molar-refractivity contribution in [2.75, 3.05) is 13.2 Å². The van der Waals surface area contributed by atoms with E-state index < -0.39 is 41.5 Å². The Balaban J connectivity index is 1.47. The van der Waals surface area contributed by atoms with Crippen LogP contribution in [0.4, 0.5) is 8.78 Å². The first-order valence-corrected chi connectivity index (χ1v) is 11.9. The zero-order chi connectivity index (χ0) is 26.8. The van der Waals surface area contributed by atoms with Gasteiger partial charge in [0.05, 0.1) is 19.3 Å². The highest BCUT2D eigenvalue weighted by Gasteiger charge is 2.23. The molecule has 0 aliphatic heterocycles. The first kappa shape index (κ1) is 28.1. The molecule has 37 heavy (non-hydrogen) atoms. The lowest BCUT2D eigenvalue weighted by atomic mass is 9.99. The van der Waals surface area contributed by atoms with Crippen molar-refractivity contribution in [1.82, 2.24) is 5.32 Å². The number of carbonyl (C=O) groups is 2. The molecule has 3 atom stereocenters. The maximum absolute atomic E-state index is 13.8. The summed E-state index contributed by atoms with van der Waals surface area (Å²) in [5.41, 5.74) is 13.8. The summed E-state index contributed by atoms with van der Waals surface area (Å²) in [4.78, 5) is 25.1. The van der Waals surface area contributed by atoms with Gasteiger partial charge < -0.3 is 26.6 Å². The Kier molecular flexibility index (Phi) is 10.4. The molecule has 0 fully saturated rings. The van der Waals surface area contributed by atoms with Crippen LogP contribution in [0.25, 0.3) is 0 Å². The number of halogens is 2. The predicted molar refractivity (Wildman–Crippen MR) is 136 cm³/mol. The van der Waals surface area contributed by atoms with Gasteiger partial charge in [0.15, 0.2) is 5.78 Å². The molecule has 0 aliphatic carbocycles. The van der Waals surface area contributed by atoms with Crippen LogP contribution in [0.1, 0.15) is 27.0 Å². The summed E-state index contributed by atoms with van der Waals surface area (Å²) in [6.45, 7) is 0.353. The SMILES string of the molecule is NC(CNC(=O)c1cccc(CC(=O)C(O)C(N)COCc2ccccc2)c1)Cc1cc(F)ccc1F. The zero-order valence-electron chi connectivity index (χ0n) is 20.3. The van der Waals surface area contributed by atoms with Crippen LogP contribution in [0.5, 0.6) is 0 Å². The quantitative estimate of drug-likeness (QED) is 0.279. The van der Waals surface area contributed by atoms with E-state index in [2.05, 4.69) is 5.32 Å². The Bertz CT molecular complexity index is 1190. The third kappa shape index (κ3) is 8.83. The summed E-state index contributed by atoms with van der Waals surface area (Å²) in [6.07, 6.45) is -1.49. The Morgan fingerprint density at radius 1 is 0.946 bits per heavy atom. The van der Waals surface area contributed by atoms with Crippen molar-refractivity contribution in [3.8, 4) is 0 Å². The molecule has 3 rings (SSSR count). The van der Waals surface area contributed by atoms with E-state index in [0.29, 0.717) is 17.7 Å². The number of amides is 1. The molecule has 3 aromatic rings. The third-order valence-corrected chi connectivity index (χ3v) is 5.74. The Morgan fingerprint density at radius 3 is 2.43 bits per heavy atom. The summed E-state index contributed by atoms with van der Waals surface area (Å²) in [7, 11) is 0. The molecule has 0 radical (unpaired) electrons. The standard InChI is InChI=1S/C28H31F2N3O4/c29-22-9-10-24(30)21(13-22)14-23(31)15-33-28(36)20-8-4-7-19(11-20)12-26(34)27(35)25(32)17-37-16-18-5-2-1-3-6-18/h1-11,13,23,25,27,35H,12,14-17,31-32H2,(H,33,36). The minimum atomic E-state index is -1.42. The maximum Gasteiger partial charge on any atom is 0.251 e. The molecule has 0 aliphatic rings. The Hall–Kier alpha value is -3.50. The van der Waals surface area contributed by atoms with Crippen LogP contribution in [-0.4, -0.2) is 48.1 Å². The monoisotopic (exact) mass is 511 g/mol. The molecule has 3 aromatic carbocycles. The largest absolute Gasteiger partial charge is 0.384 e. The number of hydrogen-bond donors (Lipinski definition) is 4. The summed E-state index contributed by atoms with van der Waals surface area (Å²) < 4.78 is 32.7. The van der Waals surface area contributed by atoms with E-state index in [1.807, 2.05) is 30.3 Å². The average Bonchev–Trinajstić information content (AvgIpc) is 2.89. The number of nitrogens with one attached hydrogen (secondary N) is 1. The van der Waals surface area contributed by atoms with Gasteiger partial charge in [-0.1, -0.05) is 42.5 Å². The second-order valence-electron chi connectivity index (χ2n) is 8.86. The highest BCUT2D eigenvalue weighted by molar-refractivity contribution is 5.94. The fraction of sp³-hybridized carbons (Fsp3) is 0.286. The molecule has 0 bridgehead atoms. The van der Waals surface area contributed by atoms with Crippen LogP contribution in [-0.2, 0) is 29.0 Å². The van der Waals surface area contributed by atoms with Gasteiger partial charge in [-0.15, -0.1) is 0 Å². The lowest BCUT2D eigenvalue weighted by molar-refractivity contribution is -0.128. The van der Waals surface area contributed by atoms with E-state index in [1.165, 1.54) is 6.07 Å². The fourth-order valence-corrected chi connectivity index (χ4v) is 3.73. The van der Waals surface area contributed by atoms with Crippen LogP contribution in [0.3, 0.4) is 0 Å². The zero-order valence-corrected chi connectivity index (χ0v) is 20.3. The minimum absolute atomic E-state index is 0.00399. The molecule has 0 heterocycles. The third-order valence-electron chi connectivity index (χ3n) is 5.74. The second kappa shape index (κ2) is 13.7. The molecule has 196 valence electrons. The lowest BCUT2D eigenvalue weighted by Gasteiger charge is -2.18. The Labute approximate surface area is 214 Å². The topological polar surface area (TPSA) is 128 Å². The number of Topliss-reactive ketones (excluding diaryl/α,β-unsaturated/α-hetero) is 1. The van der Waals surface area contributed by atoms with Crippen molar-refractivity contribution in [3.05, 3.63) is 107 Å². The number of aliphatic hydroxyl groups is 1. The highest BCUT2D eigenvalue weighted by atomic mass is 19.1. The molecule has 7 nitrogen and oxygen atoms in total. The van der Waals surface area contributed by atoms with Gasteiger partial charge in [0.2, 0.25) is 0 Å². The summed E-state index contributed by atoms with van der Waals surface area (Å²) in [5, 5.41) is 13.0. The molecule has 9 heteroatoms. The predicted octanol–water partition coefficient (Wildman–Crippen LogP) is 2.28. The second-order valence-corrected chi connectivity index (χ2v) is 8.86. The van der Waals surface area contributed by atoms with Gasteiger partial charge in [-0.2, -0.15) is 0 Å². The van der Waals surface area contributed by atoms with Gasteiger partial charge in [0, 0.05) is 24.6 Å². The van der Waals surface area contributed by atoms with E-state index in [4.69, 9.17) is 16.2 Å². The first-order valence-electron chi connectivity index (χ1n) is 11.9. The molecule has 3 unspecified atom stereocenters.